The number of hydrogen-bond acceptors (Lipinski definition) is 3. The second-order valence-corrected chi connectivity index (χ2v) is 6.60. The van der Waals surface area contributed by atoms with E-state index in [1.165, 1.54) is 19.4 Å². The summed E-state index contributed by atoms with van der Waals surface area (Å²) in [6.45, 7) is 2.91. The standard InChI is InChI=1S/C15H16BrN3O/c16-10-3-4-12-13(8-10)17-14-9-11-2-1-5-18(11)6-7-19(14)15(12)20/h3-4,8,11H,1-2,5-7,9H2. The van der Waals surface area contributed by atoms with Gasteiger partial charge in [-0.2, -0.15) is 0 Å². The van der Waals surface area contributed by atoms with E-state index >= 15 is 0 Å². The Balaban J connectivity index is 1.91. The van der Waals surface area contributed by atoms with Gasteiger partial charge in [0.25, 0.3) is 5.56 Å². The zero-order valence-corrected chi connectivity index (χ0v) is 12.8. The molecule has 1 unspecified atom stereocenters. The molecule has 4 nitrogen and oxygen atoms in total. The summed E-state index contributed by atoms with van der Waals surface area (Å²) in [5.41, 5.74) is 0.917. The lowest BCUT2D eigenvalue weighted by molar-refractivity contribution is 0.258. The van der Waals surface area contributed by atoms with Crippen molar-refractivity contribution in [2.75, 3.05) is 13.1 Å². The molecule has 1 fully saturated rings. The fourth-order valence-corrected chi connectivity index (χ4v) is 3.84. The largest absolute Gasteiger partial charge is 0.298 e. The highest BCUT2D eigenvalue weighted by molar-refractivity contribution is 9.10. The molecule has 0 N–H and O–H groups in total. The van der Waals surface area contributed by atoms with Gasteiger partial charge in [-0.05, 0) is 37.6 Å². The highest BCUT2D eigenvalue weighted by atomic mass is 79.9. The van der Waals surface area contributed by atoms with Gasteiger partial charge in [-0.15, -0.1) is 0 Å². The third kappa shape index (κ3) is 1.91. The molecule has 1 aromatic carbocycles. The van der Waals surface area contributed by atoms with E-state index in [4.69, 9.17) is 4.98 Å². The van der Waals surface area contributed by atoms with Crippen molar-refractivity contribution in [2.45, 2.75) is 31.8 Å². The van der Waals surface area contributed by atoms with Gasteiger partial charge in [0.1, 0.15) is 5.82 Å². The predicted molar refractivity (Wildman–Crippen MR) is 82.0 cm³/mol. The molecule has 3 heterocycles. The minimum absolute atomic E-state index is 0.110. The molecular formula is C15H16BrN3O. The summed E-state index contributed by atoms with van der Waals surface area (Å²) in [4.78, 5) is 19.9. The number of rotatable bonds is 0. The zero-order chi connectivity index (χ0) is 13.7. The van der Waals surface area contributed by atoms with Crippen molar-refractivity contribution < 1.29 is 0 Å². The van der Waals surface area contributed by atoms with Crippen LogP contribution in [0.5, 0.6) is 0 Å². The van der Waals surface area contributed by atoms with E-state index in [2.05, 4.69) is 20.8 Å². The SMILES string of the molecule is O=c1c2ccc(Br)cc2nc2n1CCN1CCCC1C2. The first-order valence-electron chi connectivity index (χ1n) is 7.15. The Kier molecular flexibility index (Phi) is 2.93. The Morgan fingerprint density at radius 1 is 1.25 bits per heavy atom. The summed E-state index contributed by atoms with van der Waals surface area (Å²) in [5, 5.41) is 0.721. The van der Waals surface area contributed by atoms with Crippen LogP contribution < -0.4 is 5.56 Å². The Morgan fingerprint density at radius 3 is 3.05 bits per heavy atom. The van der Waals surface area contributed by atoms with E-state index in [9.17, 15) is 4.79 Å². The summed E-state index contributed by atoms with van der Waals surface area (Å²) in [7, 11) is 0. The first-order chi connectivity index (χ1) is 9.72. The fourth-order valence-electron chi connectivity index (χ4n) is 3.49. The molecule has 0 aliphatic carbocycles. The average Bonchev–Trinajstić information content (AvgIpc) is 2.78. The molecule has 1 atom stereocenters. The van der Waals surface area contributed by atoms with Gasteiger partial charge in [0.05, 0.1) is 10.9 Å². The quantitative estimate of drug-likeness (QED) is 0.741. The van der Waals surface area contributed by atoms with Crippen LogP contribution in [0, 0.1) is 0 Å². The molecule has 1 saturated heterocycles. The van der Waals surface area contributed by atoms with Crippen LogP contribution in [0.15, 0.2) is 27.5 Å². The first kappa shape index (κ1) is 12.5. The molecular weight excluding hydrogens is 318 g/mol. The molecule has 0 radical (unpaired) electrons. The van der Waals surface area contributed by atoms with Crippen molar-refractivity contribution in [3.63, 3.8) is 0 Å². The number of hydrogen-bond donors (Lipinski definition) is 0. The first-order valence-corrected chi connectivity index (χ1v) is 7.95. The number of fused-ring (bicyclic) bond motifs is 3. The maximum Gasteiger partial charge on any atom is 0.261 e. The second-order valence-electron chi connectivity index (χ2n) is 5.68. The third-order valence-corrected chi connectivity index (χ3v) is 5.02. The summed E-state index contributed by atoms with van der Waals surface area (Å²) < 4.78 is 2.85. The van der Waals surface area contributed by atoms with Crippen LogP contribution in [-0.4, -0.2) is 33.6 Å². The average molecular weight is 334 g/mol. The number of halogens is 1. The van der Waals surface area contributed by atoms with Crippen molar-refractivity contribution in [3.05, 3.63) is 38.9 Å². The van der Waals surface area contributed by atoms with Crippen LogP contribution in [0.4, 0.5) is 0 Å². The van der Waals surface area contributed by atoms with E-state index in [0.29, 0.717) is 6.04 Å². The fraction of sp³-hybridized carbons (Fsp3) is 0.467. The summed E-state index contributed by atoms with van der Waals surface area (Å²) >= 11 is 3.46. The Morgan fingerprint density at radius 2 is 2.15 bits per heavy atom. The van der Waals surface area contributed by atoms with Crippen molar-refractivity contribution in [1.82, 2.24) is 14.5 Å². The van der Waals surface area contributed by atoms with E-state index < -0.39 is 0 Å². The van der Waals surface area contributed by atoms with Crippen LogP contribution in [0.1, 0.15) is 18.7 Å². The molecule has 1 aromatic heterocycles. The van der Waals surface area contributed by atoms with E-state index in [1.807, 2.05) is 22.8 Å². The maximum atomic E-state index is 12.6. The van der Waals surface area contributed by atoms with E-state index in [0.717, 1.165) is 40.7 Å². The lowest BCUT2D eigenvalue weighted by atomic mass is 10.1. The normalized spacial score (nSPS) is 22.6. The van der Waals surface area contributed by atoms with Crippen LogP contribution in [0.2, 0.25) is 0 Å². The molecule has 0 saturated carbocycles. The summed E-state index contributed by atoms with van der Waals surface area (Å²) in [6.07, 6.45) is 3.40. The van der Waals surface area contributed by atoms with Gasteiger partial charge >= 0.3 is 0 Å². The van der Waals surface area contributed by atoms with Crippen molar-refractivity contribution in [2.24, 2.45) is 0 Å². The molecule has 5 heteroatoms. The second kappa shape index (κ2) is 4.67. The predicted octanol–water partition coefficient (Wildman–Crippen LogP) is 2.18. The van der Waals surface area contributed by atoms with Crippen LogP contribution in [-0.2, 0) is 13.0 Å². The van der Waals surface area contributed by atoms with Crippen LogP contribution >= 0.6 is 15.9 Å². The molecule has 0 bridgehead atoms. The molecule has 0 spiro atoms. The van der Waals surface area contributed by atoms with Crippen molar-refractivity contribution >= 4 is 26.8 Å². The highest BCUT2D eigenvalue weighted by Gasteiger charge is 2.29. The van der Waals surface area contributed by atoms with E-state index in [1.54, 1.807) is 0 Å². The minimum atomic E-state index is 0.110. The minimum Gasteiger partial charge on any atom is -0.298 e. The summed E-state index contributed by atoms with van der Waals surface area (Å²) in [5.74, 6) is 0.954. The van der Waals surface area contributed by atoms with Gasteiger partial charge in [0, 0.05) is 30.0 Å². The van der Waals surface area contributed by atoms with Crippen molar-refractivity contribution in [1.29, 1.82) is 0 Å². The molecule has 4 rings (SSSR count). The molecule has 2 aromatic rings. The third-order valence-electron chi connectivity index (χ3n) is 4.52. The molecule has 0 amide bonds. The van der Waals surface area contributed by atoms with Gasteiger partial charge in [-0.25, -0.2) is 4.98 Å². The van der Waals surface area contributed by atoms with Gasteiger partial charge in [-0.1, -0.05) is 15.9 Å². The lowest BCUT2D eigenvalue weighted by Gasteiger charge is -2.19. The Bertz CT molecular complexity index is 740. The Hall–Kier alpha value is -1.20. The van der Waals surface area contributed by atoms with Gasteiger partial charge in [0.2, 0.25) is 0 Å². The molecule has 2 aliphatic heterocycles. The highest BCUT2D eigenvalue weighted by Crippen LogP contribution is 2.24. The van der Waals surface area contributed by atoms with E-state index in [-0.39, 0.29) is 5.56 Å². The van der Waals surface area contributed by atoms with Gasteiger partial charge in [-0.3, -0.25) is 14.3 Å². The number of benzene rings is 1. The maximum absolute atomic E-state index is 12.6. The van der Waals surface area contributed by atoms with Gasteiger partial charge < -0.3 is 0 Å². The number of aromatic nitrogens is 2. The molecule has 104 valence electrons. The lowest BCUT2D eigenvalue weighted by Crippen LogP contribution is -2.31. The number of nitrogens with zero attached hydrogens (tertiary/aromatic N) is 3. The summed E-state index contributed by atoms with van der Waals surface area (Å²) in [6, 6.07) is 6.29. The molecule has 20 heavy (non-hydrogen) atoms. The van der Waals surface area contributed by atoms with Crippen molar-refractivity contribution in [3.8, 4) is 0 Å². The van der Waals surface area contributed by atoms with Gasteiger partial charge in [0.15, 0.2) is 0 Å². The monoisotopic (exact) mass is 333 g/mol. The smallest absolute Gasteiger partial charge is 0.261 e. The molecule has 2 aliphatic rings. The zero-order valence-electron chi connectivity index (χ0n) is 11.2. The Labute approximate surface area is 125 Å². The topological polar surface area (TPSA) is 38.1 Å². The van der Waals surface area contributed by atoms with Crippen LogP contribution in [0.3, 0.4) is 0 Å². The van der Waals surface area contributed by atoms with Crippen LogP contribution in [0.25, 0.3) is 10.9 Å².